The molecule has 1 aliphatic heterocycles. The lowest BCUT2D eigenvalue weighted by Gasteiger charge is -2.57. The van der Waals surface area contributed by atoms with Gasteiger partial charge in [-0.15, -0.1) is 11.6 Å². The topological polar surface area (TPSA) is 23.5 Å². The van der Waals surface area contributed by atoms with Gasteiger partial charge in [0.1, 0.15) is 0 Å². The largest absolute Gasteiger partial charge is 0.393 e. The molecular weight excluding hydrogens is 162 g/mol. The molecule has 0 aromatic rings. The van der Waals surface area contributed by atoms with Crippen LogP contribution in [0.1, 0.15) is 12.8 Å². The van der Waals surface area contributed by atoms with Gasteiger partial charge in [-0.3, -0.25) is 0 Å². The van der Waals surface area contributed by atoms with E-state index in [4.69, 9.17) is 16.7 Å². The first-order valence-corrected chi connectivity index (χ1v) is 4.74. The van der Waals surface area contributed by atoms with Crippen LogP contribution in [0.2, 0.25) is 0 Å². The smallest absolute Gasteiger partial charge is 0.0552 e. The first-order chi connectivity index (χ1) is 5.24. The number of halogens is 1. The van der Waals surface area contributed by atoms with E-state index in [0.29, 0.717) is 5.41 Å². The van der Waals surface area contributed by atoms with Gasteiger partial charge < -0.3 is 10.0 Å². The average Bonchev–Trinajstić information content (AvgIpc) is 1.80. The molecule has 2 nitrogen and oxygen atoms in total. The first-order valence-electron chi connectivity index (χ1n) is 4.20. The number of likely N-dealkylation sites (tertiary alicyclic amines) is 1. The summed E-state index contributed by atoms with van der Waals surface area (Å²) in [6, 6.07) is 0. The Labute approximate surface area is 72.1 Å². The minimum atomic E-state index is -0.00634. The number of rotatable bonds is 2. The third-order valence-electron chi connectivity index (χ3n) is 2.86. The van der Waals surface area contributed by atoms with E-state index in [2.05, 4.69) is 4.90 Å². The lowest BCUT2D eigenvalue weighted by atomic mass is 9.62. The quantitative estimate of drug-likeness (QED) is 0.625. The summed E-state index contributed by atoms with van der Waals surface area (Å²) in [4.78, 5) is 2.36. The summed E-state index contributed by atoms with van der Waals surface area (Å²) in [5.41, 5.74) is 0.505. The van der Waals surface area contributed by atoms with Crippen molar-refractivity contribution in [2.45, 2.75) is 18.9 Å². The molecule has 0 radical (unpaired) electrons. The molecule has 1 aliphatic carbocycles. The molecule has 2 rings (SSSR count). The number of nitrogens with zero attached hydrogens (tertiary/aromatic N) is 1. The Hall–Kier alpha value is 0.210. The summed E-state index contributed by atoms with van der Waals surface area (Å²) in [5.74, 6) is 0.735. The molecular formula is C8H14ClNO. The molecule has 11 heavy (non-hydrogen) atoms. The summed E-state index contributed by atoms with van der Waals surface area (Å²) in [5, 5.41) is 9.12. The van der Waals surface area contributed by atoms with E-state index < -0.39 is 0 Å². The van der Waals surface area contributed by atoms with Crippen molar-refractivity contribution in [3.8, 4) is 0 Å². The fourth-order valence-corrected chi connectivity index (χ4v) is 2.62. The van der Waals surface area contributed by atoms with Gasteiger partial charge in [0.05, 0.1) is 6.10 Å². The van der Waals surface area contributed by atoms with Crippen LogP contribution in [0.25, 0.3) is 0 Å². The van der Waals surface area contributed by atoms with Crippen LogP contribution >= 0.6 is 11.6 Å². The van der Waals surface area contributed by atoms with Crippen molar-refractivity contribution < 1.29 is 5.11 Å². The summed E-state index contributed by atoms with van der Waals surface area (Å²) >= 11 is 5.60. The maximum Gasteiger partial charge on any atom is 0.0552 e. The van der Waals surface area contributed by atoms with E-state index in [-0.39, 0.29) is 6.10 Å². The van der Waals surface area contributed by atoms with E-state index in [9.17, 15) is 0 Å². The van der Waals surface area contributed by atoms with Crippen molar-refractivity contribution in [2.75, 3.05) is 25.5 Å². The van der Waals surface area contributed by atoms with Crippen molar-refractivity contribution in [1.82, 2.24) is 4.90 Å². The van der Waals surface area contributed by atoms with E-state index in [1.807, 2.05) is 0 Å². The van der Waals surface area contributed by atoms with Gasteiger partial charge in [-0.1, -0.05) is 0 Å². The van der Waals surface area contributed by atoms with Gasteiger partial charge in [-0.2, -0.15) is 0 Å². The third kappa shape index (κ3) is 1.28. The Balaban J connectivity index is 1.72. The van der Waals surface area contributed by atoms with Crippen LogP contribution < -0.4 is 0 Å². The molecule has 2 fully saturated rings. The normalized spacial score (nSPS) is 30.0. The van der Waals surface area contributed by atoms with Gasteiger partial charge in [0, 0.05) is 30.9 Å². The van der Waals surface area contributed by atoms with Gasteiger partial charge in [-0.25, -0.2) is 0 Å². The maximum absolute atomic E-state index is 9.12. The molecule has 0 aromatic heterocycles. The summed E-state index contributed by atoms with van der Waals surface area (Å²) < 4.78 is 0. The minimum Gasteiger partial charge on any atom is -0.393 e. The first kappa shape index (κ1) is 7.84. The maximum atomic E-state index is 9.12. The van der Waals surface area contributed by atoms with Crippen LogP contribution in [0.15, 0.2) is 0 Å². The predicted octanol–water partition coefficient (Wildman–Crippen LogP) is 0.682. The molecule has 0 unspecified atom stereocenters. The van der Waals surface area contributed by atoms with Crippen LogP contribution in [-0.4, -0.2) is 41.6 Å². The molecule has 1 saturated carbocycles. The van der Waals surface area contributed by atoms with E-state index >= 15 is 0 Å². The Bertz CT molecular complexity index is 148. The summed E-state index contributed by atoms with van der Waals surface area (Å²) in [6.45, 7) is 3.34. The number of alkyl halides is 1. The number of hydrogen-bond acceptors (Lipinski definition) is 2. The molecule has 0 bridgehead atoms. The molecule has 1 spiro atoms. The second-order valence-corrected chi connectivity index (χ2v) is 4.34. The lowest BCUT2D eigenvalue weighted by molar-refractivity contribution is -0.125. The van der Waals surface area contributed by atoms with Crippen molar-refractivity contribution in [3.63, 3.8) is 0 Å². The predicted molar refractivity (Wildman–Crippen MR) is 44.8 cm³/mol. The van der Waals surface area contributed by atoms with Crippen LogP contribution in [0.5, 0.6) is 0 Å². The Kier molecular flexibility index (Phi) is 1.86. The lowest BCUT2D eigenvalue weighted by Crippen LogP contribution is -2.63. The molecule has 1 heterocycles. The highest BCUT2D eigenvalue weighted by Gasteiger charge is 2.51. The Morgan fingerprint density at radius 2 is 2.09 bits per heavy atom. The fraction of sp³-hybridized carbons (Fsp3) is 1.00. The number of hydrogen-bond donors (Lipinski definition) is 1. The van der Waals surface area contributed by atoms with Gasteiger partial charge >= 0.3 is 0 Å². The average molecular weight is 176 g/mol. The fourth-order valence-electron chi connectivity index (χ4n) is 2.38. The summed E-state index contributed by atoms with van der Waals surface area (Å²) in [7, 11) is 0. The van der Waals surface area contributed by atoms with Gasteiger partial charge in [-0.05, 0) is 12.8 Å². The zero-order valence-corrected chi connectivity index (χ0v) is 7.35. The molecule has 1 saturated heterocycles. The van der Waals surface area contributed by atoms with Crippen molar-refractivity contribution in [3.05, 3.63) is 0 Å². The zero-order chi connectivity index (χ0) is 7.90. The second kappa shape index (κ2) is 2.61. The minimum absolute atomic E-state index is 0.00634. The van der Waals surface area contributed by atoms with Crippen molar-refractivity contribution >= 4 is 11.6 Å². The SMILES string of the molecule is OC1CC2(C1)CN(CCCl)C2. The molecule has 0 atom stereocenters. The van der Waals surface area contributed by atoms with Crippen molar-refractivity contribution in [1.29, 1.82) is 0 Å². The van der Waals surface area contributed by atoms with E-state index in [1.165, 1.54) is 0 Å². The Morgan fingerprint density at radius 3 is 2.55 bits per heavy atom. The summed E-state index contributed by atoms with van der Waals surface area (Å²) in [6.07, 6.45) is 2.03. The molecule has 1 N–H and O–H groups in total. The molecule has 3 heteroatoms. The van der Waals surface area contributed by atoms with Gasteiger partial charge in [0.25, 0.3) is 0 Å². The molecule has 0 aromatic carbocycles. The van der Waals surface area contributed by atoms with Crippen molar-refractivity contribution in [2.24, 2.45) is 5.41 Å². The van der Waals surface area contributed by atoms with Crippen LogP contribution in [-0.2, 0) is 0 Å². The second-order valence-electron chi connectivity index (χ2n) is 3.96. The Morgan fingerprint density at radius 1 is 1.45 bits per heavy atom. The highest BCUT2D eigenvalue weighted by molar-refractivity contribution is 6.18. The van der Waals surface area contributed by atoms with Gasteiger partial charge in [0.2, 0.25) is 0 Å². The van der Waals surface area contributed by atoms with Crippen LogP contribution in [0.3, 0.4) is 0 Å². The standard InChI is InChI=1S/C8H14ClNO/c9-1-2-10-5-8(6-10)3-7(11)4-8/h7,11H,1-6H2. The molecule has 64 valence electrons. The van der Waals surface area contributed by atoms with Gasteiger partial charge in [0.15, 0.2) is 0 Å². The van der Waals surface area contributed by atoms with E-state index in [1.54, 1.807) is 0 Å². The van der Waals surface area contributed by atoms with E-state index in [0.717, 1.165) is 38.4 Å². The highest BCUT2D eigenvalue weighted by atomic mass is 35.5. The third-order valence-corrected chi connectivity index (χ3v) is 3.03. The highest BCUT2D eigenvalue weighted by Crippen LogP contribution is 2.47. The van der Waals surface area contributed by atoms with Crippen LogP contribution in [0.4, 0.5) is 0 Å². The monoisotopic (exact) mass is 175 g/mol. The molecule has 0 amide bonds. The zero-order valence-electron chi connectivity index (χ0n) is 6.59. The number of aliphatic hydroxyl groups excluding tert-OH is 1. The van der Waals surface area contributed by atoms with Crippen LogP contribution in [0, 0.1) is 5.41 Å². The molecule has 2 aliphatic rings. The number of aliphatic hydroxyl groups is 1.